The molecule has 32 heavy (non-hydrogen) atoms. The number of aliphatic hydroxyl groups is 1. The van der Waals surface area contributed by atoms with E-state index in [0.29, 0.717) is 27.8 Å². The third-order valence-electron chi connectivity index (χ3n) is 5.48. The summed E-state index contributed by atoms with van der Waals surface area (Å²) in [4.78, 5) is 31.8. The number of hydrogen-bond donors (Lipinski definition) is 1. The average molecular weight is 467 g/mol. The van der Waals surface area contributed by atoms with Crippen molar-refractivity contribution in [2.75, 3.05) is 4.90 Å². The lowest BCUT2D eigenvalue weighted by Gasteiger charge is -2.25. The molecule has 0 saturated carbocycles. The first-order valence-electron chi connectivity index (χ1n) is 10.1. The van der Waals surface area contributed by atoms with E-state index in [9.17, 15) is 14.7 Å². The van der Waals surface area contributed by atoms with E-state index < -0.39 is 17.7 Å². The number of Topliss-reactive ketones (excluding diaryl/α,β-unsaturated/α-hetero) is 1. The number of carbonyl (C=O) groups excluding carboxylic acids is 2. The van der Waals surface area contributed by atoms with Crippen LogP contribution in [0.1, 0.15) is 42.5 Å². The van der Waals surface area contributed by atoms with Crippen molar-refractivity contribution in [2.45, 2.75) is 25.8 Å². The molecule has 1 aliphatic heterocycles. The highest BCUT2D eigenvalue weighted by Crippen LogP contribution is 2.42. The summed E-state index contributed by atoms with van der Waals surface area (Å²) in [7, 11) is 0. The van der Waals surface area contributed by atoms with E-state index in [1.807, 2.05) is 24.3 Å². The second kappa shape index (κ2) is 8.77. The Hall–Kier alpha value is -3.15. The fourth-order valence-corrected chi connectivity index (χ4v) is 4.07. The summed E-state index contributed by atoms with van der Waals surface area (Å²) in [6, 6.07) is 14.7. The van der Waals surface area contributed by atoms with Crippen molar-refractivity contribution < 1.29 is 14.7 Å². The van der Waals surface area contributed by atoms with Gasteiger partial charge in [-0.2, -0.15) is 0 Å². The number of ketones is 1. The SMILES string of the molecule is CC(C)c1ccc(N2C(=O)C(=O)/C(=C(\O)c3ccc(Cl)c(Cl)c3)C2c2cccnc2)cc1. The van der Waals surface area contributed by atoms with E-state index in [0.717, 1.165) is 5.56 Å². The summed E-state index contributed by atoms with van der Waals surface area (Å²) >= 11 is 12.1. The Balaban J connectivity index is 1.90. The van der Waals surface area contributed by atoms with Gasteiger partial charge in [-0.05, 0) is 53.4 Å². The molecular formula is C25H20Cl2N2O3. The fourth-order valence-electron chi connectivity index (χ4n) is 3.77. The Kier molecular flexibility index (Phi) is 6.04. The summed E-state index contributed by atoms with van der Waals surface area (Å²) in [6.07, 6.45) is 3.18. The Morgan fingerprint density at radius 1 is 1.03 bits per heavy atom. The van der Waals surface area contributed by atoms with Gasteiger partial charge in [0.2, 0.25) is 0 Å². The molecule has 1 unspecified atom stereocenters. The second-order valence-electron chi connectivity index (χ2n) is 7.83. The number of pyridine rings is 1. The normalized spacial score (nSPS) is 17.9. The van der Waals surface area contributed by atoms with Crippen molar-refractivity contribution in [1.82, 2.24) is 4.98 Å². The van der Waals surface area contributed by atoms with Gasteiger partial charge in [-0.3, -0.25) is 19.5 Å². The van der Waals surface area contributed by atoms with Crippen LogP contribution in [-0.2, 0) is 9.59 Å². The predicted molar refractivity (Wildman–Crippen MR) is 126 cm³/mol. The molecule has 162 valence electrons. The van der Waals surface area contributed by atoms with Gasteiger partial charge in [0.15, 0.2) is 0 Å². The topological polar surface area (TPSA) is 70.5 Å². The van der Waals surface area contributed by atoms with Crippen LogP contribution in [0.5, 0.6) is 0 Å². The molecule has 0 bridgehead atoms. The van der Waals surface area contributed by atoms with Gasteiger partial charge in [0.25, 0.3) is 11.7 Å². The molecule has 7 heteroatoms. The minimum absolute atomic E-state index is 0.0330. The minimum Gasteiger partial charge on any atom is -0.507 e. The van der Waals surface area contributed by atoms with E-state index in [1.54, 1.807) is 30.6 Å². The van der Waals surface area contributed by atoms with Crippen molar-refractivity contribution in [3.8, 4) is 0 Å². The molecule has 1 aromatic heterocycles. The zero-order chi connectivity index (χ0) is 23.0. The number of hydrogen-bond acceptors (Lipinski definition) is 4. The molecule has 4 rings (SSSR count). The lowest BCUT2D eigenvalue weighted by molar-refractivity contribution is -0.132. The van der Waals surface area contributed by atoms with Crippen LogP contribution in [0.2, 0.25) is 10.0 Å². The number of anilines is 1. The maximum Gasteiger partial charge on any atom is 0.300 e. The zero-order valence-corrected chi connectivity index (χ0v) is 18.9. The molecule has 0 aliphatic carbocycles. The summed E-state index contributed by atoms with van der Waals surface area (Å²) in [5.41, 5.74) is 2.52. The maximum atomic E-state index is 13.1. The van der Waals surface area contributed by atoms with Crippen LogP contribution in [-0.4, -0.2) is 21.8 Å². The summed E-state index contributed by atoms with van der Waals surface area (Å²) < 4.78 is 0. The number of aromatic nitrogens is 1. The third-order valence-corrected chi connectivity index (χ3v) is 6.21. The molecule has 1 N–H and O–H groups in total. The van der Waals surface area contributed by atoms with E-state index in [1.165, 1.54) is 17.0 Å². The van der Waals surface area contributed by atoms with E-state index in [2.05, 4.69) is 18.8 Å². The average Bonchev–Trinajstić information content (AvgIpc) is 3.06. The summed E-state index contributed by atoms with van der Waals surface area (Å²) in [5, 5.41) is 11.6. The number of aliphatic hydroxyl groups excluding tert-OH is 1. The Bertz CT molecular complexity index is 1220. The zero-order valence-electron chi connectivity index (χ0n) is 17.4. The van der Waals surface area contributed by atoms with Gasteiger partial charge < -0.3 is 5.11 Å². The van der Waals surface area contributed by atoms with Gasteiger partial charge in [-0.1, -0.05) is 55.2 Å². The molecule has 3 aromatic rings. The maximum absolute atomic E-state index is 13.1. The molecular weight excluding hydrogens is 447 g/mol. The second-order valence-corrected chi connectivity index (χ2v) is 8.64. The predicted octanol–water partition coefficient (Wildman–Crippen LogP) is 6.14. The Morgan fingerprint density at radius 3 is 2.34 bits per heavy atom. The standard InChI is InChI=1S/C25H20Cl2N2O3/c1-14(2)15-5-8-18(9-6-15)29-22(17-4-3-11-28-13-17)21(24(31)25(29)32)23(30)16-7-10-19(26)20(27)12-16/h3-14,22,30H,1-2H3/b23-21-. The van der Waals surface area contributed by atoms with Crippen LogP contribution in [0.15, 0.2) is 72.6 Å². The molecule has 2 aromatic carbocycles. The lowest BCUT2D eigenvalue weighted by Crippen LogP contribution is -2.29. The number of rotatable bonds is 4. The lowest BCUT2D eigenvalue weighted by atomic mass is 9.96. The molecule has 1 fully saturated rings. The fraction of sp³-hybridized carbons (Fsp3) is 0.160. The number of halogens is 2. The van der Waals surface area contributed by atoms with Gasteiger partial charge in [-0.15, -0.1) is 0 Å². The number of nitrogens with zero attached hydrogens (tertiary/aromatic N) is 2. The third kappa shape index (κ3) is 3.90. The Labute approximate surface area is 195 Å². The molecule has 1 amide bonds. The van der Waals surface area contributed by atoms with Gasteiger partial charge >= 0.3 is 0 Å². The first kappa shape index (κ1) is 22.1. The van der Waals surface area contributed by atoms with Gasteiger partial charge in [0, 0.05) is 23.6 Å². The Morgan fingerprint density at radius 2 is 1.75 bits per heavy atom. The first-order valence-corrected chi connectivity index (χ1v) is 10.8. The minimum atomic E-state index is -0.844. The van der Waals surface area contributed by atoms with Crippen LogP contribution in [0.3, 0.4) is 0 Å². The smallest absolute Gasteiger partial charge is 0.300 e. The molecule has 1 atom stereocenters. The van der Waals surface area contributed by atoms with Crippen LogP contribution in [0, 0.1) is 0 Å². The monoisotopic (exact) mass is 466 g/mol. The number of carbonyl (C=O) groups is 2. The number of benzene rings is 2. The van der Waals surface area contributed by atoms with E-state index >= 15 is 0 Å². The van der Waals surface area contributed by atoms with Crippen LogP contribution in [0.4, 0.5) is 5.69 Å². The largest absolute Gasteiger partial charge is 0.507 e. The number of amides is 1. The highest BCUT2D eigenvalue weighted by atomic mass is 35.5. The first-order chi connectivity index (χ1) is 15.3. The molecule has 5 nitrogen and oxygen atoms in total. The highest BCUT2D eigenvalue weighted by molar-refractivity contribution is 6.51. The van der Waals surface area contributed by atoms with Crippen molar-refractivity contribution in [2.24, 2.45) is 0 Å². The van der Waals surface area contributed by atoms with Gasteiger partial charge in [-0.25, -0.2) is 0 Å². The van der Waals surface area contributed by atoms with Crippen LogP contribution in [0.25, 0.3) is 5.76 Å². The molecule has 0 spiro atoms. The van der Waals surface area contributed by atoms with Crippen molar-refractivity contribution in [1.29, 1.82) is 0 Å². The van der Waals surface area contributed by atoms with Crippen LogP contribution >= 0.6 is 23.2 Å². The van der Waals surface area contributed by atoms with E-state index in [4.69, 9.17) is 23.2 Å². The highest BCUT2D eigenvalue weighted by Gasteiger charge is 2.47. The van der Waals surface area contributed by atoms with Crippen LogP contribution < -0.4 is 4.90 Å². The molecule has 1 saturated heterocycles. The van der Waals surface area contributed by atoms with Crippen molar-refractivity contribution in [3.05, 3.63) is 99.3 Å². The van der Waals surface area contributed by atoms with Crippen molar-refractivity contribution in [3.63, 3.8) is 0 Å². The summed E-state index contributed by atoms with van der Waals surface area (Å²) in [6.45, 7) is 4.15. The van der Waals surface area contributed by atoms with Gasteiger partial charge in [0.1, 0.15) is 5.76 Å². The quantitative estimate of drug-likeness (QED) is 0.284. The molecule has 0 radical (unpaired) electrons. The molecule has 2 heterocycles. The summed E-state index contributed by atoms with van der Waals surface area (Å²) in [5.74, 6) is -1.51. The van der Waals surface area contributed by atoms with Gasteiger partial charge in [0.05, 0.1) is 21.7 Å². The van der Waals surface area contributed by atoms with Crippen molar-refractivity contribution >= 4 is 46.3 Å². The van der Waals surface area contributed by atoms with E-state index in [-0.39, 0.29) is 16.4 Å². The molecule has 1 aliphatic rings.